The summed E-state index contributed by atoms with van der Waals surface area (Å²) in [4.78, 5) is 37.6. The smallest absolute Gasteiger partial charge is 0.746 e. The number of carbonyl (C=O) groups is 3. The maximum absolute atomic E-state index is 13.1. The fourth-order valence-electron chi connectivity index (χ4n) is 4.97. The monoisotopic (exact) mass is 555 g/mol. The van der Waals surface area contributed by atoms with Crippen LogP contribution in [0.1, 0.15) is 85.0 Å². The Bertz CT molecular complexity index is 849. The molecule has 2 aliphatic rings. The van der Waals surface area contributed by atoms with Gasteiger partial charge in [-0.2, -0.15) is 0 Å². The van der Waals surface area contributed by atoms with E-state index in [-0.39, 0.29) is 60.3 Å². The van der Waals surface area contributed by atoms with Crippen LogP contribution >= 0.6 is 0 Å². The number of hydrogen-bond acceptors (Lipinski definition) is 8. The third-order valence-electron chi connectivity index (χ3n) is 7.02. The minimum absolute atomic E-state index is 0. The van der Waals surface area contributed by atoms with Crippen LogP contribution in [0.15, 0.2) is 0 Å². The van der Waals surface area contributed by atoms with E-state index in [1.54, 1.807) is 0 Å². The molecule has 0 bridgehead atoms. The van der Waals surface area contributed by atoms with E-state index in [1.165, 1.54) is 12.8 Å². The molecule has 1 aliphatic heterocycles. The van der Waals surface area contributed by atoms with E-state index < -0.39 is 45.6 Å². The Morgan fingerprint density at radius 3 is 2.32 bits per heavy atom. The zero-order chi connectivity index (χ0) is 26.9. The van der Waals surface area contributed by atoms with Gasteiger partial charge >= 0.3 is 35.7 Å². The first-order valence-corrected chi connectivity index (χ1v) is 14.6. The van der Waals surface area contributed by atoms with Crippen LogP contribution in [-0.2, 0) is 24.4 Å². The zero-order valence-corrected chi connectivity index (χ0v) is 25.3. The van der Waals surface area contributed by atoms with Gasteiger partial charge in [0.2, 0.25) is 11.8 Å². The predicted octanol–water partition coefficient (Wildman–Crippen LogP) is -1.25. The van der Waals surface area contributed by atoms with Gasteiger partial charge in [-0.15, -0.1) is 0 Å². The summed E-state index contributed by atoms with van der Waals surface area (Å²) in [5.41, 5.74) is -2.43. The number of hydrogen-bond donors (Lipinski definition) is 4. The molecule has 208 valence electrons. The molecule has 13 heteroatoms. The second kappa shape index (κ2) is 16.2. The van der Waals surface area contributed by atoms with Crippen molar-refractivity contribution in [3.63, 3.8) is 0 Å². The Morgan fingerprint density at radius 2 is 1.81 bits per heavy atom. The summed E-state index contributed by atoms with van der Waals surface area (Å²) in [5.74, 6) is -1.11. The van der Waals surface area contributed by atoms with E-state index in [4.69, 9.17) is 4.74 Å². The molecular weight excluding hydrogens is 513 g/mol. The maximum Gasteiger partial charge on any atom is 1.00 e. The van der Waals surface area contributed by atoms with Crippen molar-refractivity contribution in [3.8, 4) is 0 Å². The molecule has 0 aromatic rings. The largest absolute Gasteiger partial charge is 1.00 e. The molecule has 0 aromatic carbocycles. The molecule has 1 unspecified atom stereocenters. The van der Waals surface area contributed by atoms with Gasteiger partial charge < -0.3 is 30.3 Å². The van der Waals surface area contributed by atoms with Gasteiger partial charge in [-0.05, 0) is 56.8 Å². The molecule has 4 N–H and O–H groups in total. The minimum atomic E-state index is -5.16. The van der Waals surface area contributed by atoms with Crippen molar-refractivity contribution in [3.05, 3.63) is 0 Å². The topological polar surface area (TPSA) is 174 Å². The number of aliphatic hydroxyl groups is 1. The summed E-state index contributed by atoms with van der Waals surface area (Å²) in [5, 5.41) is 17.7. The molecular formula is C24H42N3NaO8S. The van der Waals surface area contributed by atoms with E-state index in [2.05, 4.69) is 22.9 Å². The van der Waals surface area contributed by atoms with Crippen LogP contribution in [0.4, 0.5) is 4.79 Å². The Kier molecular flexibility index (Phi) is 15.0. The number of amides is 3. The maximum atomic E-state index is 13.1. The van der Waals surface area contributed by atoms with E-state index in [9.17, 15) is 32.5 Å². The molecule has 1 aliphatic carbocycles. The number of rotatable bonds is 13. The van der Waals surface area contributed by atoms with Crippen LogP contribution in [0.25, 0.3) is 0 Å². The molecule has 4 atom stereocenters. The summed E-state index contributed by atoms with van der Waals surface area (Å²) in [7, 11) is -5.16. The molecule has 11 nitrogen and oxygen atoms in total. The molecule has 2 rings (SSSR count). The molecule has 1 heterocycles. The first-order chi connectivity index (χ1) is 16.9. The summed E-state index contributed by atoms with van der Waals surface area (Å²) in [6.45, 7) is 6.25. The second-order valence-corrected chi connectivity index (χ2v) is 12.0. The van der Waals surface area contributed by atoms with Gasteiger partial charge in [0, 0.05) is 12.5 Å². The van der Waals surface area contributed by atoms with Crippen LogP contribution in [0.5, 0.6) is 0 Å². The van der Waals surface area contributed by atoms with Gasteiger partial charge in [-0.1, -0.05) is 40.0 Å². The fourth-order valence-corrected chi connectivity index (χ4v) is 5.55. The van der Waals surface area contributed by atoms with Crippen molar-refractivity contribution in [1.82, 2.24) is 16.0 Å². The van der Waals surface area contributed by atoms with Gasteiger partial charge in [0.15, 0.2) is 5.44 Å². The Morgan fingerprint density at radius 1 is 1.16 bits per heavy atom. The van der Waals surface area contributed by atoms with E-state index in [1.807, 2.05) is 13.8 Å². The van der Waals surface area contributed by atoms with Crippen LogP contribution in [0.3, 0.4) is 0 Å². The summed E-state index contributed by atoms with van der Waals surface area (Å²) in [6, 6.07) is -2.57. The third-order valence-corrected chi connectivity index (χ3v) is 7.94. The van der Waals surface area contributed by atoms with Crippen molar-refractivity contribution >= 4 is 28.0 Å². The van der Waals surface area contributed by atoms with Gasteiger partial charge in [0.25, 0.3) is 0 Å². The number of ether oxygens (including phenoxy) is 1. The number of unbranched alkanes of at least 4 members (excludes halogenated alkanes) is 1. The molecule has 37 heavy (non-hydrogen) atoms. The third kappa shape index (κ3) is 11.8. The summed E-state index contributed by atoms with van der Waals surface area (Å²) >= 11 is 0. The standard InChI is InChI=1S/C24H43N3O8S.Na/c1-4-5-6-16-7-9-18(10-8-16)35-24(31)27-19(13-15(2)3)22(29)26-20(23(30)36(32,33)34)14-17-11-12-25-21(17)28;/h15-20,23,30H,4-14H2,1-3H3,(H,25,28)(H,26,29)(H,27,31)(H,32,33,34);/q;+1/p-1/t16?,17-,18?,19-,20-,23?;/m0./s1. The van der Waals surface area contributed by atoms with E-state index in [0.29, 0.717) is 18.9 Å². The number of carbonyl (C=O) groups excluding carboxylic acids is 3. The van der Waals surface area contributed by atoms with Crippen LogP contribution in [-0.4, -0.2) is 66.2 Å². The van der Waals surface area contributed by atoms with Crippen molar-refractivity contribution in [2.45, 2.75) is 109 Å². The normalized spacial score (nSPS) is 24.4. The van der Waals surface area contributed by atoms with Crippen molar-refractivity contribution in [2.75, 3.05) is 6.54 Å². The van der Waals surface area contributed by atoms with E-state index in [0.717, 1.165) is 32.1 Å². The first kappa shape index (κ1) is 34.1. The number of nitrogens with one attached hydrogen (secondary N) is 3. The minimum Gasteiger partial charge on any atom is -0.746 e. The number of aliphatic hydroxyl groups excluding tert-OH is 1. The SMILES string of the molecule is CCCCC1CCC(OC(=O)N[C@@H](CC(C)C)C(=O)N[C@@H](C[C@@H]2CCNC2=O)C(O)S(=O)(=O)[O-])CC1.[Na+]. The molecule has 0 radical (unpaired) electrons. The summed E-state index contributed by atoms with van der Waals surface area (Å²) < 4.78 is 40.0. The molecule has 0 spiro atoms. The predicted molar refractivity (Wildman–Crippen MR) is 131 cm³/mol. The van der Waals surface area contributed by atoms with E-state index >= 15 is 0 Å². The number of alkyl carbamates (subject to hydrolysis) is 1. The van der Waals surface area contributed by atoms with Crippen LogP contribution in [0.2, 0.25) is 0 Å². The fraction of sp³-hybridized carbons (Fsp3) is 0.875. The molecule has 0 aromatic heterocycles. The molecule has 1 saturated heterocycles. The molecule has 3 amide bonds. The first-order valence-electron chi connectivity index (χ1n) is 13.1. The van der Waals surface area contributed by atoms with Crippen LogP contribution < -0.4 is 45.5 Å². The quantitative estimate of drug-likeness (QED) is 0.161. The Balaban J connectivity index is 0.00000684. The van der Waals surface area contributed by atoms with Crippen LogP contribution in [0, 0.1) is 17.8 Å². The second-order valence-electron chi connectivity index (χ2n) is 10.5. The van der Waals surface area contributed by atoms with Gasteiger partial charge in [0.05, 0.1) is 6.04 Å². The van der Waals surface area contributed by atoms with Crippen molar-refractivity contribution < 1.29 is 66.8 Å². The Labute approximate surface area is 242 Å². The molecule has 2 fully saturated rings. The van der Waals surface area contributed by atoms with Gasteiger partial charge in [-0.3, -0.25) is 9.59 Å². The molecule has 1 saturated carbocycles. The van der Waals surface area contributed by atoms with Crippen molar-refractivity contribution in [2.24, 2.45) is 17.8 Å². The Hall–Kier alpha value is -0.920. The zero-order valence-electron chi connectivity index (χ0n) is 22.5. The summed E-state index contributed by atoms with van der Waals surface area (Å²) in [6.07, 6.45) is 6.46. The average Bonchev–Trinajstić information content (AvgIpc) is 3.20. The average molecular weight is 556 g/mol. The van der Waals surface area contributed by atoms with Gasteiger partial charge in [0.1, 0.15) is 22.3 Å². The van der Waals surface area contributed by atoms with Crippen molar-refractivity contribution in [1.29, 1.82) is 0 Å². The van der Waals surface area contributed by atoms with Gasteiger partial charge in [-0.25, -0.2) is 13.2 Å².